The van der Waals surface area contributed by atoms with Crippen LogP contribution in [0.5, 0.6) is 0 Å². The van der Waals surface area contributed by atoms with E-state index in [0.717, 1.165) is 12.8 Å². The fourth-order valence-corrected chi connectivity index (χ4v) is 2.12. The summed E-state index contributed by atoms with van der Waals surface area (Å²) in [5.41, 5.74) is 0. The summed E-state index contributed by atoms with van der Waals surface area (Å²) in [6.45, 7) is 0. The summed E-state index contributed by atoms with van der Waals surface area (Å²) < 4.78 is 29.3. The highest BCUT2D eigenvalue weighted by atomic mass is 32.2. The maximum atomic E-state index is 10.4. The second-order valence-electron chi connectivity index (χ2n) is 3.35. The molecular weight excluding hydrogens is 176 g/mol. The number of hydrogen-bond acceptors (Lipinski definition) is 2. The minimum absolute atomic E-state index is 0.0949. The molecule has 0 heterocycles. The van der Waals surface area contributed by atoms with E-state index in [2.05, 4.69) is 0 Å². The van der Waals surface area contributed by atoms with Crippen molar-refractivity contribution >= 4 is 10.1 Å². The van der Waals surface area contributed by atoms with Crippen molar-refractivity contribution in [1.29, 1.82) is 0 Å². The molecule has 0 saturated heterocycles. The van der Waals surface area contributed by atoms with E-state index < -0.39 is 10.1 Å². The minimum atomic E-state index is -3.74. The summed E-state index contributed by atoms with van der Waals surface area (Å²) in [6, 6.07) is 0. The SMILES string of the molecule is O=S(=O)(O)CC[C]1CCCCC1. The summed E-state index contributed by atoms with van der Waals surface area (Å²) in [4.78, 5) is 0. The van der Waals surface area contributed by atoms with Gasteiger partial charge in [-0.05, 0) is 25.2 Å². The molecule has 0 aromatic rings. The third kappa shape index (κ3) is 4.07. The molecule has 0 atom stereocenters. The number of rotatable bonds is 3. The minimum Gasteiger partial charge on any atom is -0.286 e. The molecule has 1 fully saturated rings. The van der Waals surface area contributed by atoms with Crippen molar-refractivity contribution < 1.29 is 13.0 Å². The Bertz CT molecular complexity index is 214. The Kier molecular flexibility index (Phi) is 3.53. The molecule has 1 radical (unpaired) electrons. The van der Waals surface area contributed by atoms with E-state index in [1.807, 2.05) is 0 Å². The molecule has 0 aromatic carbocycles. The molecule has 12 heavy (non-hydrogen) atoms. The van der Waals surface area contributed by atoms with E-state index in [-0.39, 0.29) is 5.75 Å². The van der Waals surface area contributed by atoms with Crippen LogP contribution in [0.1, 0.15) is 38.5 Å². The standard InChI is InChI=1S/C8H15O3S/c9-12(10,11)7-6-8-4-2-1-3-5-8/h1-7H2,(H,9,10,11). The van der Waals surface area contributed by atoms with Gasteiger partial charge in [-0.2, -0.15) is 8.42 Å². The van der Waals surface area contributed by atoms with Crippen LogP contribution in [0.2, 0.25) is 0 Å². The third-order valence-corrected chi connectivity index (χ3v) is 2.99. The lowest BCUT2D eigenvalue weighted by atomic mass is 9.88. The Hall–Kier alpha value is -0.0900. The second-order valence-corrected chi connectivity index (χ2v) is 4.92. The van der Waals surface area contributed by atoms with E-state index in [9.17, 15) is 8.42 Å². The fraction of sp³-hybridized carbons (Fsp3) is 0.875. The van der Waals surface area contributed by atoms with Gasteiger partial charge < -0.3 is 0 Å². The molecule has 0 spiro atoms. The van der Waals surface area contributed by atoms with Gasteiger partial charge in [-0.3, -0.25) is 4.55 Å². The Morgan fingerprint density at radius 2 is 1.75 bits per heavy atom. The molecule has 71 valence electrons. The molecule has 0 amide bonds. The van der Waals surface area contributed by atoms with Gasteiger partial charge in [0.1, 0.15) is 0 Å². The lowest BCUT2D eigenvalue weighted by Crippen LogP contribution is -2.11. The zero-order valence-corrected chi connectivity index (χ0v) is 7.94. The molecule has 0 aliphatic heterocycles. The smallest absolute Gasteiger partial charge is 0.264 e. The van der Waals surface area contributed by atoms with Gasteiger partial charge in [-0.25, -0.2) is 0 Å². The molecule has 1 N–H and O–H groups in total. The van der Waals surface area contributed by atoms with Gasteiger partial charge >= 0.3 is 0 Å². The average Bonchev–Trinajstić information content (AvgIpc) is 2.02. The van der Waals surface area contributed by atoms with Gasteiger partial charge in [0.25, 0.3) is 10.1 Å². The van der Waals surface area contributed by atoms with Crippen LogP contribution >= 0.6 is 0 Å². The predicted molar refractivity (Wildman–Crippen MR) is 47.4 cm³/mol. The first-order chi connectivity index (χ1) is 5.58. The van der Waals surface area contributed by atoms with Crippen molar-refractivity contribution in [3.8, 4) is 0 Å². The molecule has 0 bridgehead atoms. The van der Waals surface area contributed by atoms with Crippen LogP contribution in [0.15, 0.2) is 0 Å². The first kappa shape index (κ1) is 9.99. The molecule has 0 unspecified atom stereocenters. The molecule has 1 saturated carbocycles. The fourth-order valence-electron chi connectivity index (χ4n) is 1.58. The van der Waals surface area contributed by atoms with Crippen LogP contribution in [-0.2, 0) is 10.1 Å². The van der Waals surface area contributed by atoms with E-state index in [1.165, 1.54) is 25.2 Å². The molecular formula is C8H15O3S. The summed E-state index contributed by atoms with van der Waals surface area (Å²) in [5, 5.41) is 0. The quantitative estimate of drug-likeness (QED) is 0.692. The Morgan fingerprint density at radius 1 is 1.17 bits per heavy atom. The van der Waals surface area contributed by atoms with Crippen LogP contribution in [0.25, 0.3) is 0 Å². The molecule has 1 rings (SSSR count). The highest BCUT2D eigenvalue weighted by Gasteiger charge is 2.16. The van der Waals surface area contributed by atoms with Crippen molar-refractivity contribution in [2.45, 2.75) is 38.5 Å². The van der Waals surface area contributed by atoms with Gasteiger partial charge in [-0.15, -0.1) is 0 Å². The zero-order valence-electron chi connectivity index (χ0n) is 7.12. The van der Waals surface area contributed by atoms with Crippen molar-refractivity contribution in [1.82, 2.24) is 0 Å². The largest absolute Gasteiger partial charge is 0.286 e. The van der Waals surface area contributed by atoms with Crippen LogP contribution in [0.4, 0.5) is 0 Å². The molecule has 3 nitrogen and oxygen atoms in total. The van der Waals surface area contributed by atoms with Gasteiger partial charge in [0.2, 0.25) is 0 Å². The van der Waals surface area contributed by atoms with Crippen molar-refractivity contribution in [2.75, 3.05) is 5.75 Å². The van der Waals surface area contributed by atoms with Crippen molar-refractivity contribution in [3.05, 3.63) is 5.92 Å². The maximum absolute atomic E-state index is 10.4. The second kappa shape index (κ2) is 4.23. The van der Waals surface area contributed by atoms with Gasteiger partial charge in [0, 0.05) is 0 Å². The van der Waals surface area contributed by atoms with Gasteiger partial charge in [0.15, 0.2) is 0 Å². The summed E-state index contributed by atoms with van der Waals surface area (Å²) in [7, 11) is -3.74. The highest BCUT2D eigenvalue weighted by molar-refractivity contribution is 7.85. The maximum Gasteiger partial charge on any atom is 0.264 e. The Balaban J connectivity index is 2.22. The molecule has 0 aromatic heterocycles. The first-order valence-electron chi connectivity index (χ1n) is 4.37. The summed E-state index contributed by atoms with van der Waals surface area (Å²) in [5.74, 6) is 1.21. The molecule has 1 aliphatic carbocycles. The topological polar surface area (TPSA) is 54.4 Å². The van der Waals surface area contributed by atoms with Crippen LogP contribution in [0, 0.1) is 5.92 Å². The van der Waals surface area contributed by atoms with E-state index >= 15 is 0 Å². The van der Waals surface area contributed by atoms with Gasteiger partial charge in [0.05, 0.1) is 5.75 Å². The van der Waals surface area contributed by atoms with Crippen LogP contribution in [-0.4, -0.2) is 18.7 Å². The predicted octanol–water partition coefficient (Wildman–Crippen LogP) is 1.80. The lowest BCUT2D eigenvalue weighted by Gasteiger charge is -2.19. The van der Waals surface area contributed by atoms with Crippen LogP contribution < -0.4 is 0 Å². The Labute approximate surface area is 73.9 Å². The lowest BCUT2D eigenvalue weighted by molar-refractivity contribution is 0.472. The van der Waals surface area contributed by atoms with Crippen molar-refractivity contribution in [3.63, 3.8) is 0 Å². The normalized spacial score (nSPS) is 21.1. The highest BCUT2D eigenvalue weighted by Crippen LogP contribution is 2.28. The van der Waals surface area contributed by atoms with E-state index in [0.29, 0.717) is 6.42 Å². The number of hydrogen-bond donors (Lipinski definition) is 1. The van der Waals surface area contributed by atoms with E-state index in [4.69, 9.17) is 4.55 Å². The van der Waals surface area contributed by atoms with Crippen molar-refractivity contribution in [2.24, 2.45) is 0 Å². The average molecular weight is 191 g/mol. The van der Waals surface area contributed by atoms with Gasteiger partial charge in [-0.1, -0.05) is 19.3 Å². The first-order valence-corrected chi connectivity index (χ1v) is 5.97. The molecule has 1 aliphatic rings. The summed E-state index contributed by atoms with van der Waals surface area (Å²) in [6.07, 6.45) is 6.28. The zero-order chi connectivity index (χ0) is 9.03. The summed E-state index contributed by atoms with van der Waals surface area (Å²) >= 11 is 0. The Morgan fingerprint density at radius 3 is 2.25 bits per heavy atom. The van der Waals surface area contributed by atoms with E-state index in [1.54, 1.807) is 0 Å². The monoisotopic (exact) mass is 191 g/mol. The van der Waals surface area contributed by atoms with Crippen LogP contribution in [0.3, 0.4) is 0 Å². The third-order valence-electron chi connectivity index (χ3n) is 2.27. The molecule has 4 heteroatoms.